The van der Waals surface area contributed by atoms with Gasteiger partial charge < -0.3 is 48.8 Å². The first-order valence-electron chi connectivity index (χ1n) is 38.3. The van der Waals surface area contributed by atoms with E-state index in [1.807, 2.05) is 177 Å². The summed E-state index contributed by atoms with van der Waals surface area (Å²) in [6.45, 7) is 32.1. The monoisotopic (exact) mass is 1780 g/mol. The third kappa shape index (κ3) is 29.2. The van der Waals surface area contributed by atoms with Crippen LogP contribution in [0.4, 0.5) is 5.69 Å². The van der Waals surface area contributed by atoms with Crippen LogP contribution in [0.1, 0.15) is 145 Å². The molecule has 7 aromatic carbocycles. The summed E-state index contributed by atoms with van der Waals surface area (Å²) in [6, 6.07) is 43.1. The number of carbonyl (C=O) groups excluding carboxylic acids is 6. The van der Waals surface area contributed by atoms with Crippen LogP contribution in [0.15, 0.2) is 156 Å². The summed E-state index contributed by atoms with van der Waals surface area (Å²) in [5.74, 6) is -2.11. The number of aromatic hydroxyl groups is 1. The van der Waals surface area contributed by atoms with Crippen molar-refractivity contribution in [3.05, 3.63) is 255 Å². The number of phenolic OH excluding ortho intramolecular Hbond substituents is 1. The lowest BCUT2D eigenvalue weighted by molar-refractivity contribution is -0.118. The maximum absolute atomic E-state index is 11.6. The zero-order valence-corrected chi connectivity index (χ0v) is 76.4. The molecule has 630 valence electrons. The van der Waals surface area contributed by atoms with Crippen LogP contribution < -0.4 is 44.6 Å². The van der Waals surface area contributed by atoms with Crippen molar-refractivity contribution in [2.45, 2.75) is 161 Å². The molecule has 0 saturated carbocycles. The number of phenols is 1. The topological polar surface area (TPSA) is 395 Å². The van der Waals surface area contributed by atoms with E-state index in [-0.39, 0.29) is 47.5 Å². The van der Waals surface area contributed by atoms with Gasteiger partial charge in [0.25, 0.3) is 0 Å². The maximum Gasteiger partial charge on any atom is 0.494 e. The fourth-order valence-corrected chi connectivity index (χ4v) is 17.0. The number of amides is 6. The number of nitrogens with two attached hydrogens (primary N) is 6. The van der Waals surface area contributed by atoms with Crippen LogP contribution in [0, 0.1) is 83.1 Å². The fourth-order valence-electron chi connectivity index (χ4n) is 12.4. The maximum atomic E-state index is 11.6. The molecule has 1 fully saturated rings. The lowest BCUT2D eigenvalue weighted by Gasteiger charge is -2.32. The van der Waals surface area contributed by atoms with E-state index in [0.717, 1.165) is 141 Å². The van der Waals surface area contributed by atoms with Gasteiger partial charge in [0.15, 0.2) is 0 Å². The van der Waals surface area contributed by atoms with E-state index >= 15 is 0 Å². The normalized spacial score (nSPS) is 12.6. The molecule has 12 rings (SSSR count). The van der Waals surface area contributed by atoms with Gasteiger partial charge in [0.1, 0.15) is 5.75 Å². The Morgan fingerprint density at radius 1 is 0.442 bits per heavy atom. The highest BCUT2D eigenvalue weighted by Gasteiger charge is 2.51. The van der Waals surface area contributed by atoms with Crippen LogP contribution in [0.3, 0.4) is 0 Å². The van der Waals surface area contributed by atoms with E-state index in [2.05, 4.69) is 83.9 Å². The van der Waals surface area contributed by atoms with Crippen LogP contribution in [-0.4, -0.2) is 93.5 Å². The summed E-state index contributed by atoms with van der Waals surface area (Å²) in [6.07, 6.45) is 12.9. The Kier molecular flexibility index (Phi) is 34.8. The first-order chi connectivity index (χ1) is 56.2. The van der Waals surface area contributed by atoms with Crippen molar-refractivity contribution < 1.29 is 51.6 Å². The SMILES string of the molecule is Cc1ccc(B2OC(C)(C)C(C)(C)O2)cc1/C=C/C(N)=O.Cc1ccc(Br)cc1/C=C/C(N)=O.Cc1nc(C)c(-c2ccc(-c3cccc(NS(C)(=O)=O)c3)c(CCC(N)=O)c2)s1.Cc1nc(C)c(-c2ccc(C)c(/C=C/C(N)=O)c2)s1.Cc1nc(C)c(-c2ccc(C)c(CCC(N)=O)c2)s1.Cc1nc(C)c(-c2ccc(O)c(CCC(N)=O)c2)s1. The number of halogens is 1. The van der Waals surface area contributed by atoms with Gasteiger partial charge in [-0.3, -0.25) is 33.5 Å². The number of thiazole rings is 4. The molecular formula is C91H105BBrN11O11S5. The van der Waals surface area contributed by atoms with E-state index in [4.69, 9.17) is 43.7 Å². The predicted molar refractivity (Wildman–Crippen MR) is 496 cm³/mol. The second kappa shape index (κ2) is 43.4. The molecule has 11 aromatic rings. The standard InChI is InChI=1S/C21H23N3O3S2.C16H22BNO3.C15H18N2OS.C15H16N2OS.C14H16N2O2S.C10H10BrNO/c1-13-21(28-14(2)23-13)17-7-9-19(16(11-17)8-10-20(22)25)15-5-4-6-18(12-15)24-29(3,26)27;1-11-6-8-13(10-12(11)7-9-14(18)19)17-20-15(2,3)16(4,5)21-17;2*1-9-4-5-13(8-12(9)6-7-14(16)18)15-10(2)17-11(3)19-15;1-8-14(19-9(2)16-8)11-3-5-12(17)10(7-11)4-6-13(15)18;1-7-2-4-9(11)6-8(7)3-5-10(12)13/h4-7,9,11-12,24H,8,10H2,1-3H3,(H2,22,25);6-10H,1-5H3,(H2,18,19);4-5,8H,6-7H2,1-3H3,(H2,16,18);4-8H,1-3H3,(H2,16,18);3,5,7,17H,4,6H2,1-2H3,(H2,15,18);2-6H,1H3,(H2,12,13)/b;9-7+;;7-6+;;5-3+. The van der Waals surface area contributed by atoms with Crippen LogP contribution >= 0.6 is 61.3 Å². The molecule has 4 aromatic heterocycles. The molecule has 6 amide bonds. The van der Waals surface area contributed by atoms with Crippen LogP contribution in [0.25, 0.3) is 71.1 Å². The number of sulfonamides is 1. The number of hydrogen-bond donors (Lipinski definition) is 8. The summed E-state index contributed by atoms with van der Waals surface area (Å²) < 4.78 is 38.7. The highest BCUT2D eigenvalue weighted by atomic mass is 79.9. The minimum Gasteiger partial charge on any atom is -0.508 e. The molecule has 0 aliphatic carbocycles. The smallest absolute Gasteiger partial charge is 0.494 e. The Morgan fingerprint density at radius 2 is 0.800 bits per heavy atom. The second-order valence-corrected chi connectivity index (χ2v) is 37.3. The second-order valence-electron chi connectivity index (χ2n) is 29.8. The number of nitrogens with one attached hydrogen (secondary N) is 1. The molecule has 0 radical (unpaired) electrons. The third-order valence-corrected chi connectivity index (χ3v) is 24.8. The van der Waals surface area contributed by atoms with Gasteiger partial charge in [-0.15, -0.1) is 45.3 Å². The number of benzene rings is 7. The van der Waals surface area contributed by atoms with Crippen LogP contribution in [0.5, 0.6) is 5.75 Å². The highest BCUT2D eigenvalue weighted by Crippen LogP contribution is 2.40. The molecule has 14 N–H and O–H groups in total. The van der Waals surface area contributed by atoms with Crippen molar-refractivity contribution in [1.82, 2.24) is 19.9 Å². The number of carbonyl (C=O) groups is 6. The first-order valence-corrected chi connectivity index (χ1v) is 44.2. The van der Waals surface area contributed by atoms with E-state index in [0.29, 0.717) is 31.4 Å². The largest absolute Gasteiger partial charge is 0.508 e. The van der Waals surface area contributed by atoms with Gasteiger partial charge in [-0.2, -0.15) is 0 Å². The van der Waals surface area contributed by atoms with Gasteiger partial charge in [-0.1, -0.05) is 88.7 Å². The van der Waals surface area contributed by atoms with Gasteiger partial charge in [-0.05, 0) is 303 Å². The predicted octanol–water partition coefficient (Wildman–Crippen LogP) is 16.9. The highest BCUT2D eigenvalue weighted by molar-refractivity contribution is 9.10. The Morgan fingerprint density at radius 3 is 1.22 bits per heavy atom. The summed E-state index contributed by atoms with van der Waals surface area (Å²) in [5.41, 5.74) is 52.2. The molecule has 22 nitrogen and oxygen atoms in total. The van der Waals surface area contributed by atoms with Crippen LogP contribution in [0.2, 0.25) is 0 Å². The average molecular weight is 1780 g/mol. The Labute approximate surface area is 728 Å². The Hall–Kier alpha value is -10.9. The number of primary amides is 6. The fraction of sp³-hybridized carbons (Fsp3) is 0.275. The summed E-state index contributed by atoms with van der Waals surface area (Å²) in [7, 11) is -3.78. The Bertz CT molecular complexity index is 5660. The number of hydrogen-bond acceptors (Lipinski definition) is 19. The molecule has 0 spiro atoms. The number of anilines is 1. The third-order valence-electron chi connectivity index (χ3n) is 19.2. The van der Waals surface area contributed by atoms with Gasteiger partial charge in [0.2, 0.25) is 45.5 Å². The van der Waals surface area contributed by atoms with E-state index in [1.54, 1.807) is 87.8 Å². The molecule has 1 aliphatic rings. The number of aromatic nitrogens is 4. The van der Waals surface area contributed by atoms with Crippen molar-refractivity contribution in [2.24, 2.45) is 34.4 Å². The van der Waals surface area contributed by atoms with Gasteiger partial charge in [0.05, 0.1) is 79.8 Å². The molecule has 5 heterocycles. The number of aryl methyl sites for hydroxylation is 15. The molecule has 29 heteroatoms. The van der Waals surface area contributed by atoms with E-state index in [1.165, 1.54) is 44.7 Å². The minimum atomic E-state index is -3.37. The molecule has 120 heavy (non-hydrogen) atoms. The van der Waals surface area contributed by atoms with Gasteiger partial charge >= 0.3 is 7.12 Å². The summed E-state index contributed by atoms with van der Waals surface area (Å²) in [4.78, 5) is 87.7. The lowest BCUT2D eigenvalue weighted by Crippen LogP contribution is -2.41. The summed E-state index contributed by atoms with van der Waals surface area (Å²) in [5, 5.41) is 14.0. The molecule has 0 atom stereocenters. The number of nitrogens with zero attached hydrogens (tertiary/aromatic N) is 4. The van der Waals surface area contributed by atoms with Crippen molar-refractivity contribution in [1.29, 1.82) is 0 Å². The zero-order valence-electron chi connectivity index (χ0n) is 70.7. The van der Waals surface area contributed by atoms with Gasteiger partial charge in [-0.25, -0.2) is 28.4 Å². The first kappa shape index (κ1) is 96.2. The zero-order chi connectivity index (χ0) is 88.8. The quantitative estimate of drug-likeness (QED) is 0.0218. The molecule has 0 unspecified atom stereocenters. The Balaban J connectivity index is 0.000000201. The van der Waals surface area contributed by atoms with Crippen molar-refractivity contribution >= 4 is 143 Å². The lowest BCUT2D eigenvalue weighted by atomic mass is 9.78. The van der Waals surface area contributed by atoms with E-state index in [9.17, 15) is 42.3 Å². The van der Waals surface area contributed by atoms with E-state index < -0.39 is 34.9 Å². The molecule has 0 bridgehead atoms. The van der Waals surface area contributed by atoms with Crippen LogP contribution in [-0.2, 0) is 67.4 Å². The minimum absolute atomic E-state index is 0.198. The molecule has 1 aliphatic heterocycles. The van der Waals surface area contributed by atoms with Gasteiger partial charge in [0, 0.05) is 47.7 Å². The molecular weight excluding hydrogens is 1670 g/mol. The summed E-state index contributed by atoms with van der Waals surface area (Å²) >= 11 is 9.99. The van der Waals surface area contributed by atoms with Crippen molar-refractivity contribution in [3.63, 3.8) is 0 Å². The number of rotatable bonds is 23. The van der Waals surface area contributed by atoms with Crippen molar-refractivity contribution in [3.8, 4) is 58.6 Å². The molecule has 1 saturated heterocycles. The van der Waals surface area contributed by atoms with Crippen molar-refractivity contribution in [2.75, 3.05) is 11.0 Å². The average Bonchev–Trinajstić information content (AvgIpc) is 1.62.